The number of aryl methyl sites for hydroxylation is 1. The summed E-state index contributed by atoms with van der Waals surface area (Å²) >= 11 is 0. The average molecular weight is 393 g/mol. The minimum atomic E-state index is -0.0170. The van der Waals surface area contributed by atoms with Gasteiger partial charge in [0.1, 0.15) is 11.4 Å². The Balaban J connectivity index is 1.48. The first kappa shape index (κ1) is 19.7. The van der Waals surface area contributed by atoms with Crippen LogP contribution < -0.4 is 15.4 Å². The average Bonchev–Trinajstić information content (AvgIpc) is 3.17. The van der Waals surface area contributed by atoms with E-state index in [1.165, 1.54) is 24.0 Å². The van der Waals surface area contributed by atoms with E-state index in [-0.39, 0.29) is 11.6 Å². The molecule has 4 rings (SSSR count). The van der Waals surface area contributed by atoms with Gasteiger partial charge < -0.3 is 15.4 Å². The molecule has 29 heavy (non-hydrogen) atoms. The number of ether oxygens (including phenoxy) is 1. The highest BCUT2D eigenvalue weighted by Crippen LogP contribution is 2.46. The van der Waals surface area contributed by atoms with Gasteiger partial charge in [0, 0.05) is 37.0 Å². The molecular weight excluding hydrogens is 360 g/mol. The van der Waals surface area contributed by atoms with Gasteiger partial charge in [-0.1, -0.05) is 24.3 Å². The fourth-order valence-corrected chi connectivity index (χ4v) is 4.50. The molecule has 2 heterocycles. The monoisotopic (exact) mass is 392 g/mol. The third kappa shape index (κ3) is 4.72. The molecule has 5 heteroatoms. The van der Waals surface area contributed by atoms with Gasteiger partial charge in [0.2, 0.25) is 0 Å². The van der Waals surface area contributed by atoms with Crippen LogP contribution in [0.1, 0.15) is 61.9 Å². The molecule has 0 saturated heterocycles. The lowest BCUT2D eigenvalue weighted by atomic mass is 9.86. The Morgan fingerprint density at radius 3 is 2.79 bits per heavy atom. The molecule has 1 saturated carbocycles. The number of aliphatic imine (C=N–C) groups is 1. The number of aromatic nitrogens is 1. The third-order valence-electron chi connectivity index (χ3n) is 6.01. The summed E-state index contributed by atoms with van der Waals surface area (Å²) in [5.41, 5.74) is 3.48. The van der Waals surface area contributed by atoms with Crippen molar-refractivity contribution in [2.24, 2.45) is 4.99 Å². The van der Waals surface area contributed by atoms with Gasteiger partial charge >= 0.3 is 0 Å². The van der Waals surface area contributed by atoms with Crippen LogP contribution in [0.2, 0.25) is 0 Å². The number of rotatable bonds is 5. The predicted molar refractivity (Wildman–Crippen MR) is 117 cm³/mol. The van der Waals surface area contributed by atoms with E-state index < -0.39 is 0 Å². The minimum absolute atomic E-state index is 0.0170. The number of hydrogen-bond donors (Lipinski definition) is 2. The highest BCUT2D eigenvalue weighted by Gasteiger charge is 2.43. The standard InChI is InChI=1S/C24H32N4O/c1-3-25-23(26-15-12-19-11-10-18(2)27-17-19)28-21-16-24(13-6-7-14-24)29-22-9-5-4-8-20(21)22/h4-5,8-11,17,21H,3,6-7,12-16H2,1-2H3,(H2,25,26,28). The zero-order valence-electron chi connectivity index (χ0n) is 17.6. The summed E-state index contributed by atoms with van der Waals surface area (Å²) in [4.78, 5) is 9.22. The van der Waals surface area contributed by atoms with Crippen LogP contribution in [-0.4, -0.2) is 29.6 Å². The van der Waals surface area contributed by atoms with Crippen LogP contribution in [0.5, 0.6) is 5.75 Å². The summed E-state index contributed by atoms with van der Waals surface area (Å²) < 4.78 is 6.49. The summed E-state index contributed by atoms with van der Waals surface area (Å²) in [6, 6.07) is 12.9. The number of fused-ring (bicyclic) bond motifs is 1. The molecule has 2 N–H and O–H groups in total. The van der Waals surface area contributed by atoms with Crippen molar-refractivity contribution < 1.29 is 4.74 Å². The van der Waals surface area contributed by atoms with Crippen molar-refractivity contribution in [1.82, 2.24) is 15.6 Å². The summed E-state index contributed by atoms with van der Waals surface area (Å²) in [7, 11) is 0. The number of pyridine rings is 1. The SMILES string of the molecule is CCNC(=NCCc1ccc(C)nc1)NC1CC2(CCCC2)Oc2ccccc21. The van der Waals surface area contributed by atoms with Gasteiger partial charge in [-0.2, -0.15) is 0 Å². The molecule has 1 aliphatic carbocycles. The van der Waals surface area contributed by atoms with Crippen LogP contribution in [0.25, 0.3) is 0 Å². The van der Waals surface area contributed by atoms with Crippen molar-refractivity contribution in [1.29, 1.82) is 0 Å². The second-order valence-electron chi connectivity index (χ2n) is 8.25. The van der Waals surface area contributed by atoms with Crippen molar-refractivity contribution in [3.63, 3.8) is 0 Å². The second kappa shape index (κ2) is 8.85. The molecule has 2 aliphatic rings. The first-order valence-corrected chi connectivity index (χ1v) is 10.9. The number of nitrogens with one attached hydrogen (secondary N) is 2. The maximum absolute atomic E-state index is 6.49. The molecule has 1 fully saturated rings. The zero-order valence-corrected chi connectivity index (χ0v) is 17.6. The first-order valence-electron chi connectivity index (χ1n) is 10.9. The van der Waals surface area contributed by atoms with Crippen molar-refractivity contribution in [3.8, 4) is 5.75 Å². The maximum atomic E-state index is 6.49. The molecular formula is C24H32N4O. The lowest BCUT2D eigenvalue weighted by molar-refractivity contribution is 0.0396. The van der Waals surface area contributed by atoms with Gasteiger partial charge in [0.05, 0.1) is 6.04 Å². The smallest absolute Gasteiger partial charge is 0.191 e. The van der Waals surface area contributed by atoms with Crippen LogP contribution in [-0.2, 0) is 6.42 Å². The zero-order chi connectivity index (χ0) is 20.1. The molecule has 1 spiro atoms. The Kier molecular flexibility index (Phi) is 6.02. The molecule has 0 radical (unpaired) electrons. The largest absolute Gasteiger partial charge is 0.487 e. The normalized spacial score (nSPS) is 20.2. The van der Waals surface area contributed by atoms with Crippen molar-refractivity contribution in [2.45, 2.75) is 64.0 Å². The Bertz CT molecular complexity index is 840. The summed E-state index contributed by atoms with van der Waals surface area (Å²) in [5, 5.41) is 7.12. The van der Waals surface area contributed by atoms with E-state index >= 15 is 0 Å². The van der Waals surface area contributed by atoms with Crippen LogP contribution in [0.3, 0.4) is 0 Å². The maximum Gasteiger partial charge on any atom is 0.191 e. The fraction of sp³-hybridized carbons (Fsp3) is 0.500. The second-order valence-corrected chi connectivity index (χ2v) is 8.25. The molecule has 1 unspecified atom stereocenters. The highest BCUT2D eigenvalue weighted by atomic mass is 16.5. The van der Waals surface area contributed by atoms with Crippen molar-refractivity contribution in [3.05, 3.63) is 59.4 Å². The van der Waals surface area contributed by atoms with Gasteiger partial charge in [-0.05, 0) is 63.6 Å². The summed E-state index contributed by atoms with van der Waals surface area (Å²) in [5.74, 6) is 1.90. The minimum Gasteiger partial charge on any atom is -0.487 e. The molecule has 0 amide bonds. The van der Waals surface area contributed by atoms with Gasteiger partial charge in [-0.25, -0.2) is 0 Å². The number of nitrogens with zero attached hydrogens (tertiary/aromatic N) is 2. The van der Waals surface area contributed by atoms with E-state index in [1.807, 2.05) is 13.1 Å². The molecule has 0 bridgehead atoms. The van der Waals surface area contributed by atoms with E-state index in [9.17, 15) is 0 Å². The summed E-state index contributed by atoms with van der Waals surface area (Å²) in [6.45, 7) is 5.69. The van der Waals surface area contributed by atoms with E-state index in [1.54, 1.807) is 0 Å². The number of para-hydroxylation sites is 1. The van der Waals surface area contributed by atoms with E-state index in [2.05, 4.69) is 58.9 Å². The van der Waals surface area contributed by atoms with Gasteiger partial charge in [-0.15, -0.1) is 0 Å². The Morgan fingerprint density at radius 2 is 2.03 bits per heavy atom. The highest BCUT2D eigenvalue weighted by molar-refractivity contribution is 5.80. The summed E-state index contributed by atoms with van der Waals surface area (Å²) in [6.07, 6.45) is 8.64. The van der Waals surface area contributed by atoms with Crippen LogP contribution in [0.4, 0.5) is 0 Å². The Hall–Kier alpha value is -2.56. The third-order valence-corrected chi connectivity index (χ3v) is 6.01. The molecule has 2 aromatic rings. The predicted octanol–water partition coefficient (Wildman–Crippen LogP) is 4.32. The number of hydrogen-bond acceptors (Lipinski definition) is 3. The van der Waals surface area contributed by atoms with Crippen molar-refractivity contribution >= 4 is 5.96 Å². The van der Waals surface area contributed by atoms with Crippen LogP contribution >= 0.6 is 0 Å². The molecule has 1 aromatic carbocycles. The molecule has 1 atom stereocenters. The number of guanidine groups is 1. The molecule has 5 nitrogen and oxygen atoms in total. The van der Waals surface area contributed by atoms with Gasteiger partial charge in [-0.3, -0.25) is 9.98 Å². The van der Waals surface area contributed by atoms with Crippen molar-refractivity contribution in [2.75, 3.05) is 13.1 Å². The molecule has 1 aromatic heterocycles. The Morgan fingerprint density at radius 1 is 1.21 bits per heavy atom. The van der Waals surface area contributed by atoms with Crippen LogP contribution in [0, 0.1) is 6.92 Å². The molecule has 1 aliphatic heterocycles. The van der Waals surface area contributed by atoms with E-state index in [0.717, 1.165) is 56.2 Å². The fourth-order valence-electron chi connectivity index (χ4n) is 4.50. The first-order chi connectivity index (χ1) is 14.2. The van der Waals surface area contributed by atoms with Gasteiger partial charge in [0.25, 0.3) is 0 Å². The van der Waals surface area contributed by atoms with Crippen LogP contribution in [0.15, 0.2) is 47.6 Å². The number of benzene rings is 1. The Labute approximate surface area is 174 Å². The quantitative estimate of drug-likeness (QED) is 0.588. The topological polar surface area (TPSA) is 58.5 Å². The van der Waals surface area contributed by atoms with E-state index in [4.69, 9.17) is 9.73 Å². The molecule has 154 valence electrons. The lowest BCUT2D eigenvalue weighted by Crippen LogP contribution is -2.46. The van der Waals surface area contributed by atoms with Gasteiger partial charge in [0.15, 0.2) is 5.96 Å². The lowest BCUT2D eigenvalue weighted by Gasteiger charge is -2.40. The van der Waals surface area contributed by atoms with E-state index in [0.29, 0.717) is 0 Å².